The Morgan fingerprint density at radius 3 is 2.65 bits per heavy atom. The lowest BCUT2D eigenvalue weighted by Gasteiger charge is -2.27. The van der Waals surface area contributed by atoms with Gasteiger partial charge in [-0.15, -0.1) is 0 Å². The van der Waals surface area contributed by atoms with Crippen LogP contribution in [0.2, 0.25) is 19.1 Å². The summed E-state index contributed by atoms with van der Waals surface area (Å²) in [4.78, 5) is 0. The molecule has 0 N–H and O–H groups in total. The smallest absolute Gasteiger partial charge is 0.325 e. The van der Waals surface area contributed by atoms with E-state index in [-0.39, 0.29) is 0 Å². The van der Waals surface area contributed by atoms with Crippen LogP contribution in [-0.2, 0) is 22.4 Å². The third kappa shape index (κ3) is 6.65. The third-order valence-electron chi connectivity index (χ3n) is 2.80. The topological polar surface area (TPSA) is 49.5 Å². The van der Waals surface area contributed by atoms with E-state index in [9.17, 15) is 0 Å². The van der Waals surface area contributed by atoms with Crippen molar-refractivity contribution in [3.8, 4) is 0 Å². The van der Waals surface area contributed by atoms with Gasteiger partial charge in [-0.1, -0.05) is 0 Å². The summed E-state index contributed by atoms with van der Waals surface area (Å²) in [7, 11) is -0.138. The predicted octanol–water partition coefficient (Wildman–Crippen LogP) is 1.02. The summed E-state index contributed by atoms with van der Waals surface area (Å²) in [6, 6.07) is 0.940. The number of hydrogen-bond donors (Lipinski definition) is 0. The molecule has 1 fully saturated rings. The predicted molar refractivity (Wildman–Crippen MR) is 69.7 cm³/mol. The van der Waals surface area contributed by atoms with Crippen LogP contribution in [0, 0.1) is 0 Å². The minimum Gasteiger partial charge on any atom is -0.417 e. The Morgan fingerprint density at radius 1 is 1.41 bits per heavy atom. The molecule has 0 radical (unpaired) electrons. The van der Waals surface area contributed by atoms with Crippen LogP contribution < -0.4 is 0 Å². The van der Waals surface area contributed by atoms with Crippen LogP contribution in [0.25, 0.3) is 0 Å². The van der Waals surface area contributed by atoms with Crippen molar-refractivity contribution < 1.29 is 22.4 Å². The molecule has 0 saturated carbocycles. The Bertz CT molecular complexity index is 215. The Labute approximate surface area is 106 Å². The molecule has 0 aromatic rings. The van der Waals surface area contributed by atoms with E-state index in [2.05, 4.69) is 6.55 Å². The van der Waals surface area contributed by atoms with Gasteiger partial charge in [-0.05, 0) is 25.6 Å². The van der Waals surface area contributed by atoms with Crippen molar-refractivity contribution in [1.82, 2.24) is 0 Å². The summed E-state index contributed by atoms with van der Waals surface area (Å²) in [5.41, 5.74) is 0. The molecule has 1 aliphatic heterocycles. The quantitative estimate of drug-likeness (QED) is 0.340. The van der Waals surface area contributed by atoms with Crippen molar-refractivity contribution in [2.75, 3.05) is 34.0 Å². The first-order valence-electron chi connectivity index (χ1n) is 6.05. The molecule has 0 aromatic carbocycles. The van der Waals surface area contributed by atoms with Gasteiger partial charge in [-0.25, -0.2) is 0 Å². The van der Waals surface area contributed by atoms with Gasteiger partial charge >= 0.3 is 17.8 Å². The van der Waals surface area contributed by atoms with Gasteiger partial charge in [0.1, 0.15) is 6.10 Å². The molecule has 102 valence electrons. The first kappa shape index (κ1) is 15.3. The second-order valence-electron chi connectivity index (χ2n) is 4.39. The van der Waals surface area contributed by atoms with E-state index < -0.39 is 17.8 Å². The van der Waals surface area contributed by atoms with Crippen molar-refractivity contribution in [3.05, 3.63) is 0 Å². The van der Waals surface area contributed by atoms with Gasteiger partial charge in [-0.2, -0.15) is 0 Å². The molecule has 0 bridgehead atoms. The third-order valence-corrected chi connectivity index (χ3v) is 8.92. The van der Waals surface area contributed by atoms with Gasteiger partial charge in [0.25, 0.3) is 0 Å². The molecule has 1 heterocycles. The van der Waals surface area contributed by atoms with Crippen molar-refractivity contribution in [2.45, 2.75) is 31.7 Å². The van der Waals surface area contributed by atoms with Gasteiger partial charge < -0.3 is 22.4 Å². The molecule has 1 rings (SSSR count). The van der Waals surface area contributed by atoms with E-state index in [1.807, 2.05) is 6.55 Å². The average molecular weight is 280 g/mol. The SMILES string of the molecule is CO[SiH](C)O[Si](C)(CCCOCC1CO1)OC. The standard InChI is InChI=1S/C10H24O5Si2/c1-11-16(3)15-17(4,12-2)7-5-6-13-8-10-9-14-10/h10,16H,5-9H2,1-4H3. The van der Waals surface area contributed by atoms with E-state index >= 15 is 0 Å². The fraction of sp³-hybridized carbons (Fsp3) is 1.00. The summed E-state index contributed by atoms with van der Waals surface area (Å²) < 4.78 is 27.3. The summed E-state index contributed by atoms with van der Waals surface area (Å²) in [5, 5.41) is 0. The molecular formula is C10H24O5Si2. The minimum atomic E-state index is -2.04. The van der Waals surface area contributed by atoms with Gasteiger partial charge in [-0.3, -0.25) is 0 Å². The van der Waals surface area contributed by atoms with Crippen LogP contribution in [0.4, 0.5) is 0 Å². The fourth-order valence-corrected chi connectivity index (χ4v) is 6.52. The van der Waals surface area contributed by atoms with Gasteiger partial charge in [0.05, 0.1) is 13.2 Å². The van der Waals surface area contributed by atoms with Crippen LogP contribution in [0.3, 0.4) is 0 Å². The number of ether oxygens (including phenoxy) is 2. The lowest BCUT2D eigenvalue weighted by atomic mass is 10.5. The molecule has 1 aliphatic rings. The van der Waals surface area contributed by atoms with Crippen molar-refractivity contribution in [1.29, 1.82) is 0 Å². The van der Waals surface area contributed by atoms with Crippen molar-refractivity contribution in [3.63, 3.8) is 0 Å². The first-order chi connectivity index (χ1) is 8.09. The minimum absolute atomic E-state index is 0.346. The second-order valence-corrected chi connectivity index (χ2v) is 10.1. The molecule has 3 atom stereocenters. The first-order valence-corrected chi connectivity index (χ1v) is 10.7. The van der Waals surface area contributed by atoms with Crippen LogP contribution in [0.1, 0.15) is 6.42 Å². The lowest BCUT2D eigenvalue weighted by Crippen LogP contribution is -2.43. The van der Waals surface area contributed by atoms with E-state index in [1.165, 1.54) is 0 Å². The van der Waals surface area contributed by atoms with E-state index in [0.29, 0.717) is 6.10 Å². The van der Waals surface area contributed by atoms with Gasteiger partial charge in [0.15, 0.2) is 0 Å². The lowest BCUT2D eigenvalue weighted by molar-refractivity contribution is 0.115. The van der Waals surface area contributed by atoms with Crippen molar-refractivity contribution in [2.24, 2.45) is 0 Å². The zero-order valence-corrected chi connectivity index (χ0v) is 13.4. The molecule has 0 amide bonds. The highest BCUT2D eigenvalue weighted by Gasteiger charge is 2.32. The van der Waals surface area contributed by atoms with Gasteiger partial charge in [0, 0.05) is 20.8 Å². The number of hydrogen-bond acceptors (Lipinski definition) is 5. The Hall–Kier alpha value is 0.234. The molecule has 0 aromatic heterocycles. The largest absolute Gasteiger partial charge is 0.417 e. The van der Waals surface area contributed by atoms with Crippen LogP contribution in [0.15, 0.2) is 0 Å². The fourth-order valence-electron chi connectivity index (χ4n) is 1.48. The van der Waals surface area contributed by atoms with Crippen LogP contribution >= 0.6 is 0 Å². The molecular weight excluding hydrogens is 256 g/mol. The highest BCUT2D eigenvalue weighted by Crippen LogP contribution is 2.17. The normalized spacial score (nSPS) is 24.4. The maximum atomic E-state index is 5.93. The highest BCUT2D eigenvalue weighted by atomic mass is 28.4. The number of epoxide rings is 1. The molecule has 3 unspecified atom stereocenters. The molecule has 5 nitrogen and oxygen atoms in total. The molecule has 0 spiro atoms. The summed E-state index contributed by atoms with van der Waals surface area (Å²) in [6.07, 6.45) is 1.31. The highest BCUT2D eigenvalue weighted by molar-refractivity contribution is 6.72. The van der Waals surface area contributed by atoms with Crippen molar-refractivity contribution >= 4 is 17.8 Å². The van der Waals surface area contributed by atoms with Gasteiger partial charge in [0.2, 0.25) is 0 Å². The summed E-state index contributed by atoms with van der Waals surface area (Å²) in [5.74, 6) is 0. The van der Waals surface area contributed by atoms with Crippen LogP contribution in [-0.4, -0.2) is 58.0 Å². The van der Waals surface area contributed by atoms with E-state index in [1.54, 1.807) is 14.2 Å². The zero-order chi connectivity index (χ0) is 12.7. The Balaban J connectivity index is 2.10. The second kappa shape index (κ2) is 7.62. The number of rotatable bonds is 10. The maximum absolute atomic E-state index is 5.93. The Morgan fingerprint density at radius 2 is 2.12 bits per heavy atom. The van der Waals surface area contributed by atoms with E-state index in [4.69, 9.17) is 22.4 Å². The molecule has 17 heavy (non-hydrogen) atoms. The molecule has 1 saturated heterocycles. The Kier molecular flexibility index (Phi) is 6.86. The summed E-state index contributed by atoms with van der Waals surface area (Å²) in [6.45, 7) is 6.42. The average Bonchev–Trinajstić information content (AvgIpc) is 3.12. The molecule has 0 aliphatic carbocycles. The zero-order valence-electron chi connectivity index (χ0n) is 11.2. The maximum Gasteiger partial charge on any atom is 0.325 e. The monoisotopic (exact) mass is 280 g/mol. The van der Waals surface area contributed by atoms with E-state index in [0.717, 1.165) is 32.3 Å². The van der Waals surface area contributed by atoms with Crippen LogP contribution in [0.5, 0.6) is 0 Å². The molecule has 7 heteroatoms. The summed E-state index contributed by atoms with van der Waals surface area (Å²) >= 11 is 0.